The third kappa shape index (κ3) is 3.62. The monoisotopic (exact) mass is 360 g/mol. The summed E-state index contributed by atoms with van der Waals surface area (Å²) in [6, 6.07) is 2.09. The van der Waals surface area contributed by atoms with Crippen LogP contribution in [0.1, 0.15) is 65.1 Å². The van der Waals surface area contributed by atoms with Gasteiger partial charge in [-0.3, -0.25) is 9.59 Å². The SMILES string of the molecule is O=C(c1cc2c(s1)CC[C@H](C(=O)N1CCCCCC1)C2)N1CCCC1. The van der Waals surface area contributed by atoms with Gasteiger partial charge in [-0.15, -0.1) is 11.3 Å². The van der Waals surface area contributed by atoms with E-state index in [1.165, 1.54) is 23.3 Å². The van der Waals surface area contributed by atoms with Gasteiger partial charge in [0.25, 0.3) is 5.91 Å². The maximum absolute atomic E-state index is 12.9. The lowest BCUT2D eigenvalue weighted by molar-refractivity contribution is -0.135. The zero-order valence-electron chi connectivity index (χ0n) is 15.0. The van der Waals surface area contributed by atoms with Crippen LogP contribution in [-0.2, 0) is 17.6 Å². The molecule has 4 nitrogen and oxygen atoms in total. The van der Waals surface area contributed by atoms with Crippen LogP contribution in [-0.4, -0.2) is 47.8 Å². The third-order valence-electron chi connectivity index (χ3n) is 5.95. The second-order valence-electron chi connectivity index (χ2n) is 7.74. The molecule has 1 aromatic heterocycles. The first kappa shape index (κ1) is 17.1. The molecule has 0 N–H and O–H groups in total. The van der Waals surface area contributed by atoms with E-state index in [-0.39, 0.29) is 11.8 Å². The molecule has 2 amide bonds. The van der Waals surface area contributed by atoms with Crippen LogP contribution in [0.15, 0.2) is 6.07 Å². The Morgan fingerprint density at radius 1 is 0.920 bits per heavy atom. The molecule has 1 aliphatic carbocycles. The minimum absolute atomic E-state index is 0.120. The fourth-order valence-corrected chi connectivity index (χ4v) is 5.64. The van der Waals surface area contributed by atoms with Crippen molar-refractivity contribution in [3.05, 3.63) is 21.4 Å². The maximum Gasteiger partial charge on any atom is 0.263 e. The van der Waals surface area contributed by atoms with Crippen LogP contribution in [0.2, 0.25) is 0 Å². The number of carbonyl (C=O) groups is 2. The first-order valence-corrected chi connectivity index (χ1v) is 10.7. The van der Waals surface area contributed by atoms with E-state index in [9.17, 15) is 9.59 Å². The Hall–Kier alpha value is -1.36. The Labute approximate surface area is 154 Å². The molecular weight excluding hydrogens is 332 g/mol. The van der Waals surface area contributed by atoms with Crippen molar-refractivity contribution in [1.29, 1.82) is 0 Å². The van der Waals surface area contributed by atoms with E-state index < -0.39 is 0 Å². The molecule has 0 aromatic carbocycles. The second kappa shape index (κ2) is 7.48. The summed E-state index contributed by atoms with van der Waals surface area (Å²) in [6.45, 7) is 3.67. The van der Waals surface area contributed by atoms with E-state index in [1.807, 2.05) is 4.90 Å². The number of aryl methyl sites for hydroxylation is 1. The first-order valence-electron chi connectivity index (χ1n) is 9.92. The summed E-state index contributed by atoms with van der Waals surface area (Å²) in [4.78, 5) is 31.9. The Bertz CT molecular complexity index is 640. The quantitative estimate of drug-likeness (QED) is 0.810. The Morgan fingerprint density at radius 3 is 2.28 bits per heavy atom. The average Bonchev–Trinajstić information content (AvgIpc) is 3.23. The zero-order valence-corrected chi connectivity index (χ0v) is 15.8. The lowest BCUT2D eigenvalue weighted by Crippen LogP contribution is -2.38. The fourth-order valence-electron chi connectivity index (χ4n) is 4.47. The molecule has 0 bridgehead atoms. The fraction of sp³-hybridized carbons (Fsp3) is 0.700. The summed E-state index contributed by atoms with van der Waals surface area (Å²) < 4.78 is 0. The Morgan fingerprint density at radius 2 is 1.56 bits per heavy atom. The molecule has 0 saturated carbocycles. The number of fused-ring (bicyclic) bond motifs is 1. The highest BCUT2D eigenvalue weighted by molar-refractivity contribution is 7.14. The smallest absolute Gasteiger partial charge is 0.263 e. The minimum Gasteiger partial charge on any atom is -0.342 e. The van der Waals surface area contributed by atoms with Crippen molar-refractivity contribution in [1.82, 2.24) is 9.80 Å². The normalized spacial score (nSPS) is 24.1. The predicted octanol–water partition coefficient (Wildman–Crippen LogP) is 3.49. The number of likely N-dealkylation sites (tertiary alicyclic amines) is 2. The van der Waals surface area contributed by atoms with Crippen LogP contribution in [0.5, 0.6) is 0 Å². The molecule has 2 aliphatic heterocycles. The van der Waals surface area contributed by atoms with Gasteiger partial charge in [0.2, 0.25) is 5.91 Å². The standard InChI is InChI=1S/C20H28N2O2S/c23-19(21-9-3-1-2-4-10-21)15-7-8-17-16(13-15)14-18(25-17)20(24)22-11-5-6-12-22/h14-15H,1-13H2/t15-/m0/s1. The first-order chi connectivity index (χ1) is 12.2. The van der Waals surface area contributed by atoms with Crippen molar-refractivity contribution >= 4 is 23.2 Å². The van der Waals surface area contributed by atoms with Crippen LogP contribution in [0.3, 0.4) is 0 Å². The molecule has 0 spiro atoms. The van der Waals surface area contributed by atoms with Gasteiger partial charge in [0.1, 0.15) is 0 Å². The molecule has 1 aromatic rings. The van der Waals surface area contributed by atoms with Gasteiger partial charge < -0.3 is 9.80 Å². The number of nitrogens with zero attached hydrogens (tertiary/aromatic N) is 2. The molecule has 4 rings (SSSR count). The van der Waals surface area contributed by atoms with Crippen LogP contribution in [0.25, 0.3) is 0 Å². The van der Waals surface area contributed by atoms with Gasteiger partial charge in [-0.1, -0.05) is 12.8 Å². The minimum atomic E-state index is 0.120. The molecule has 5 heteroatoms. The number of hydrogen-bond acceptors (Lipinski definition) is 3. The molecule has 0 unspecified atom stereocenters. The molecule has 25 heavy (non-hydrogen) atoms. The lowest BCUT2D eigenvalue weighted by atomic mass is 9.87. The summed E-state index contributed by atoms with van der Waals surface area (Å²) in [6.07, 6.45) is 9.79. The topological polar surface area (TPSA) is 40.6 Å². The summed E-state index contributed by atoms with van der Waals surface area (Å²) in [7, 11) is 0. The van der Waals surface area contributed by atoms with Gasteiger partial charge >= 0.3 is 0 Å². The molecule has 3 heterocycles. The van der Waals surface area contributed by atoms with Crippen molar-refractivity contribution in [3.63, 3.8) is 0 Å². The van der Waals surface area contributed by atoms with Gasteiger partial charge in [0.15, 0.2) is 0 Å². The molecule has 0 radical (unpaired) electrons. The largest absolute Gasteiger partial charge is 0.342 e. The van der Waals surface area contributed by atoms with E-state index in [0.29, 0.717) is 5.91 Å². The Balaban J connectivity index is 1.44. The summed E-state index contributed by atoms with van der Waals surface area (Å²) in [5.41, 5.74) is 1.26. The maximum atomic E-state index is 12.9. The van der Waals surface area contributed by atoms with E-state index in [1.54, 1.807) is 11.3 Å². The van der Waals surface area contributed by atoms with E-state index in [4.69, 9.17) is 0 Å². The van der Waals surface area contributed by atoms with Crippen LogP contribution in [0, 0.1) is 5.92 Å². The highest BCUT2D eigenvalue weighted by Crippen LogP contribution is 2.34. The third-order valence-corrected chi connectivity index (χ3v) is 7.18. The van der Waals surface area contributed by atoms with Crippen molar-refractivity contribution in [2.24, 2.45) is 5.92 Å². The zero-order chi connectivity index (χ0) is 17.2. The highest BCUT2D eigenvalue weighted by atomic mass is 32.1. The summed E-state index contributed by atoms with van der Waals surface area (Å²) in [5.74, 6) is 0.674. The average molecular weight is 361 g/mol. The molecule has 2 fully saturated rings. The van der Waals surface area contributed by atoms with Crippen LogP contribution in [0.4, 0.5) is 0 Å². The van der Waals surface area contributed by atoms with E-state index >= 15 is 0 Å². The van der Waals surface area contributed by atoms with E-state index in [0.717, 1.165) is 76.0 Å². The number of hydrogen-bond donors (Lipinski definition) is 0. The van der Waals surface area contributed by atoms with Crippen molar-refractivity contribution in [2.45, 2.75) is 57.8 Å². The molecule has 136 valence electrons. The summed E-state index contributed by atoms with van der Waals surface area (Å²) >= 11 is 1.67. The van der Waals surface area contributed by atoms with Gasteiger partial charge in [-0.25, -0.2) is 0 Å². The number of thiophene rings is 1. The van der Waals surface area contributed by atoms with Crippen molar-refractivity contribution < 1.29 is 9.59 Å². The molecule has 1 atom stereocenters. The highest BCUT2D eigenvalue weighted by Gasteiger charge is 2.31. The van der Waals surface area contributed by atoms with E-state index in [2.05, 4.69) is 11.0 Å². The van der Waals surface area contributed by atoms with Crippen LogP contribution >= 0.6 is 11.3 Å². The number of carbonyl (C=O) groups excluding carboxylic acids is 2. The molecular formula is C20H28N2O2S. The molecule has 2 saturated heterocycles. The van der Waals surface area contributed by atoms with Gasteiger partial charge in [-0.2, -0.15) is 0 Å². The second-order valence-corrected chi connectivity index (χ2v) is 8.87. The van der Waals surface area contributed by atoms with Crippen molar-refractivity contribution in [2.75, 3.05) is 26.2 Å². The predicted molar refractivity (Wildman–Crippen MR) is 100 cm³/mol. The van der Waals surface area contributed by atoms with Crippen molar-refractivity contribution in [3.8, 4) is 0 Å². The van der Waals surface area contributed by atoms with Gasteiger partial charge in [0, 0.05) is 37.0 Å². The van der Waals surface area contributed by atoms with Gasteiger partial charge in [-0.05, 0) is 56.6 Å². The van der Waals surface area contributed by atoms with Gasteiger partial charge in [0.05, 0.1) is 4.88 Å². The molecule has 3 aliphatic rings. The summed E-state index contributed by atoms with van der Waals surface area (Å²) in [5, 5.41) is 0. The van der Waals surface area contributed by atoms with Crippen LogP contribution < -0.4 is 0 Å². The lowest BCUT2D eigenvalue weighted by Gasteiger charge is -2.28. The Kier molecular flexibility index (Phi) is 5.11. The number of amides is 2. The number of rotatable bonds is 2.